The third-order valence-corrected chi connectivity index (χ3v) is 1.47. The number of hydrogen-bond donors (Lipinski definition) is 2. The van der Waals surface area contributed by atoms with E-state index in [4.69, 9.17) is 11.7 Å². The zero-order valence-corrected chi connectivity index (χ0v) is 5.17. The van der Waals surface area contributed by atoms with Crippen LogP contribution in [0.4, 0.5) is 0 Å². The molecular weight excluding hydrogens is 116 g/mol. The largest absolute Gasteiger partial charge is 0.323 e. The molecule has 9 heavy (non-hydrogen) atoms. The molecule has 0 aromatic rings. The highest BCUT2D eigenvalue weighted by atomic mass is 15.2. The molecule has 1 aliphatic carbocycles. The first kappa shape index (κ1) is 6.07. The van der Waals surface area contributed by atoms with E-state index in [0.29, 0.717) is 0 Å². The molecule has 0 amide bonds. The summed E-state index contributed by atoms with van der Waals surface area (Å²) in [5.74, 6) is 10.1. The lowest BCUT2D eigenvalue weighted by Gasteiger charge is -1.90. The topological polar surface area (TPSA) is 76.8 Å². The van der Waals surface area contributed by atoms with Gasteiger partial charge in [0.2, 0.25) is 0 Å². The van der Waals surface area contributed by atoms with Gasteiger partial charge in [-0.2, -0.15) is 10.2 Å². The quantitative estimate of drug-likeness (QED) is 0.348. The second-order valence-corrected chi connectivity index (χ2v) is 2.01. The van der Waals surface area contributed by atoms with Crippen molar-refractivity contribution in [2.45, 2.75) is 19.3 Å². The van der Waals surface area contributed by atoms with Crippen LogP contribution in [0.2, 0.25) is 0 Å². The molecule has 0 radical (unpaired) electrons. The molecule has 1 aliphatic rings. The highest BCUT2D eigenvalue weighted by Gasteiger charge is 2.15. The van der Waals surface area contributed by atoms with Crippen LogP contribution >= 0.6 is 0 Å². The standard InChI is InChI=1S/C5H10N4/c6-8-4-2-1-3-5(4)9-7/h1-3,6-7H2/b8-4-,9-5-. The van der Waals surface area contributed by atoms with Crippen molar-refractivity contribution in [1.29, 1.82) is 0 Å². The van der Waals surface area contributed by atoms with Gasteiger partial charge in [-0.05, 0) is 19.3 Å². The highest BCUT2D eigenvalue weighted by molar-refractivity contribution is 6.43. The van der Waals surface area contributed by atoms with E-state index in [2.05, 4.69) is 10.2 Å². The molecule has 1 rings (SSSR count). The predicted molar refractivity (Wildman–Crippen MR) is 37.1 cm³/mol. The number of hydrazone groups is 2. The van der Waals surface area contributed by atoms with Crippen LogP contribution in [-0.4, -0.2) is 11.4 Å². The van der Waals surface area contributed by atoms with E-state index in [1.165, 1.54) is 0 Å². The van der Waals surface area contributed by atoms with E-state index in [-0.39, 0.29) is 0 Å². The van der Waals surface area contributed by atoms with Crippen LogP contribution in [0.3, 0.4) is 0 Å². The van der Waals surface area contributed by atoms with Crippen LogP contribution in [0.25, 0.3) is 0 Å². The van der Waals surface area contributed by atoms with E-state index in [0.717, 1.165) is 30.7 Å². The molecule has 0 aliphatic heterocycles. The number of nitrogens with zero attached hydrogens (tertiary/aromatic N) is 2. The Labute approximate surface area is 53.6 Å². The Balaban J connectivity index is 2.75. The van der Waals surface area contributed by atoms with Gasteiger partial charge in [-0.1, -0.05) is 0 Å². The number of hydrogen-bond acceptors (Lipinski definition) is 4. The molecule has 1 saturated carbocycles. The van der Waals surface area contributed by atoms with Gasteiger partial charge in [0.25, 0.3) is 0 Å². The molecular formula is C5H10N4. The molecule has 0 spiro atoms. The smallest absolute Gasteiger partial charge is 0.0832 e. The summed E-state index contributed by atoms with van der Waals surface area (Å²) in [5.41, 5.74) is 1.72. The van der Waals surface area contributed by atoms with Gasteiger partial charge in [0.1, 0.15) is 0 Å². The first-order valence-electron chi connectivity index (χ1n) is 2.92. The molecule has 0 bridgehead atoms. The van der Waals surface area contributed by atoms with Crippen molar-refractivity contribution in [2.24, 2.45) is 21.9 Å². The van der Waals surface area contributed by atoms with Crippen molar-refractivity contribution in [3.63, 3.8) is 0 Å². The molecule has 4 nitrogen and oxygen atoms in total. The minimum Gasteiger partial charge on any atom is -0.323 e. The second-order valence-electron chi connectivity index (χ2n) is 2.01. The summed E-state index contributed by atoms with van der Waals surface area (Å²) in [6.07, 6.45) is 2.92. The fourth-order valence-corrected chi connectivity index (χ4v) is 0.990. The third-order valence-electron chi connectivity index (χ3n) is 1.47. The van der Waals surface area contributed by atoms with Crippen molar-refractivity contribution in [1.82, 2.24) is 0 Å². The lowest BCUT2D eigenvalue weighted by molar-refractivity contribution is 0.969. The fourth-order valence-electron chi connectivity index (χ4n) is 0.990. The zero-order valence-electron chi connectivity index (χ0n) is 5.17. The SMILES string of the molecule is N/N=C1/CCC/C1=N/N. The maximum atomic E-state index is 5.05. The average Bonchev–Trinajstić information content (AvgIpc) is 2.33. The Bertz CT molecular complexity index is 140. The lowest BCUT2D eigenvalue weighted by atomic mass is 10.3. The zero-order chi connectivity index (χ0) is 6.69. The average molecular weight is 126 g/mol. The van der Waals surface area contributed by atoms with Gasteiger partial charge in [-0.15, -0.1) is 0 Å². The van der Waals surface area contributed by atoms with Gasteiger partial charge in [0.15, 0.2) is 0 Å². The van der Waals surface area contributed by atoms with Crippen LogP contribution in [0.1, 0.15) is 19.3 Å². The molecule has 0 unspecified atom stereocenters. The summed E-state index contributed by atoms with van der Waals surface area (Å²) in [6, 6.07) is 0. The molecule has 4 heteroatoms. The summed E-state index contributed by atoms with van der Waals surface area (Å²) >= 11 is 0. The van der Waals surface area contributed by atoms with Crippen LogP contribution in [0.5, 0.6) is 0 Å². The van der Waals surface area contributed by atoms with Gasteiger partial charge in [0, 0.05) is 0 Å². The van der Waals surface area contributed by atoms with Crippen LogP contribution in [0, 0.1) is 0 Å². The molecule has 0 atom stereocenters. The highest BCUT2D eigenvalue weighted by Crippen LogP contribution is 2.11. The van der Waals surface area contributed by atoms with E-state index >= 15 is 0 Å². The van der Waals surface area contributed by atoms with Crippen molar-refractivity contribution >= 4 is 11.4 Å². The van der Waals surface area contributed by atoms with E-state index in [1.54, 1.807) is 0 Å². The maximum absolute atomic E-state index is 5.05. The summed E-state index contributed by atoms with van der Waals surface area (Å²) in [5, 5.41) is 7.09. The first-order chi connectivity index (χ1) is 4.38. The summed E-state index contributed by atoms with van der Waals surface area (Å²) in [6.45, 7) is 0. The van der Waals surface area contributed by atoms with Crippen molar-refractivity contribution in [2.75, 3.05) is 0 Å². The first-order valence-corrected chi connectivity index (χ1v) is 2.92. The molecule has 0 saturated heterocycles. The van der Waals surface area contributed by atoms with Crippen molar-refractivity contribution in [3.05, 3.63) is 0 Å². The predicted octanol–water partition coefficient (Wildman–Crippen LogP) is -0.200. The number of rotatable bonds is 0. The van der Waals surface area contributed by atoms with Crippen LogP contribution in [-0.2, 0) is 0 Å². The van der Waals surface area contributed by atoms with Gasteiger partial charge in [0.05, 0.1) is 11.4 Å². The molecule has 0 aromatic carbocycles. The normalized spacial score (nSPS) is 28.0. The third kappa shape index (κ3) is 1.01. The van der Waals surface area contributed by atoms with Crippen molar-refractivity contribution < 1.29 is 0 Å². The molecule has 1 fully saturated rings. The Morgan fingerprint density at radius 1 is 1.00 bits per heavy atom. The molecule has 4 N–H and O–H groups in total. The monoisotopic (exact) mass is 126 g/mol. The Morgan fingerprint density at radius 2 is 1.44 bits per heavy atom. The van der Waals surface area contributed by atoms with E-state index < -0.39 is 0 Å². The summed E-state index contributed by atoms with van der Waals surface area (Å²) in [4.78, 5) is 0. The maximum Gasteiger partial charge on any atom is 0.0832 e. The Kier molecular flexibility index (Phi) is 1.67. The van der Waals surface area contributed by atoms with E-state index in [1.807, 2.05) is 0 Å². The summed E-state index contributed by atoms with van der Waals surface area (Å²) in [7, 11) is 0. The van der Waals surface area contributed by atoms with Gasteiger partial charge >= 0.3 is 0 Å². The fraction of sp³-hybridized carbons (Fsp3) is 0.600. The Hall–Kier alpha value is -1.06. The van der Waals surface area contributed by atoms with Gasteiger partial charge in [-0.25, -0.2) is 0 Å². The molecule has 0 aromatic heterocycles. The van der Waals surface area contributed by atoms with Crippen molar-refractivity contribution in [3.8, 4) is 0 Å². The Morgan fingerprint density at radius 3 is 1.78 bits per heavy atom. The minimum atomic E-state index is 0.859. The molecule has 0 heterocycles. The summed E-state index contributed by atoms with van der Waals surface area (Å²) < 4.78 is 0. The molecule has 50 valence electrons. The van der Waals surface area contributed by atoms with Crippen LogP contribution in [0.15, 0.2) is 10.2 Å². The van der Waals surface area contributed by atoms with Gasteiger partial charge in [-0.3, -0.25) is 0 Å². The number of nitrogens with two attached hydrogens (primary N) is 2. The lowest BCUT2D eigenvalue weighted by Crippen LogP contribution is -2.09. The van der Waals surface area contributed by atoms with E-state index in [9.17, 15) is 0 Å². The second kappa shape index (κ2) is 2.48. The van der Waals surface area contributed by atoms with Crippen LogP contribution < -0.4 is 11.7 Å². The minimum absolute atomic E-state index is 0.859. The van der Waals surface area contributed by atoms with Gasteiger partial charge < -0.3 is 11.7 Å².